The van der Waals surface area contributed by atoms with E-state index in [0.29, 0.717) is 4.83 Å². The molecule has 0 unspecified atom stereocenters. The molecule has 2 atom stereocenters. The fourth-order valence-electron chi connectivity index (χ4n) is 1.81. The molecule has 2 aliphatic heterocycles. The number of hydrogen-bond acceptors (Lipinski definition) is 2. The molecule has 0 amide bonds. The van der Waals surface area contributed by atoms with Gasteiger partial charge in [-0.1, -0.05) is 15.9 Å². The quantitative estimate of drug-likeness (QED) is 0.583. The van der Waals surface area contributed by atoms with Crippen molar-refractivity contribution < 1.29 is 9.47 Å². The van der Waals surface area contributed by atoms with Crippen LogP contribution in [0.1, 0.15) is 25.7 Å². The fourth-order valence-corrected chi connectivity index (χ4v) is 2.63. The number of halogens is 1. The zero-order chi connectivity index (χ0) is 7.73. The van der Waals surface area contributed by atoms with Crippen LogP contribution in [-0.2, 0) is 9.47 Å². The molecule has 2 aliphatic rings. The smallest absolute Gasteiger partial charge is 0.180 e. The van der Waals surface area contributed by atoms with E-state index in [0.717, 1.165) is 32.5 Å². The van der Waals surface area contributed by atoms with E-state index in [2.05, 4.69) is 15.9 Å². The van der Waals surface area contributed by atoms with E-state index in [1.54, 1.807) is 0 Å². The van der Waals surface area contributed by atoms with Crippen LogP contribution in [-0.4, -0.2) is 23.8 Å². The van der Waals surface area contributed by atoms with Gasteiger partial charge < -0.3 is 9.47 Å². The van der Waals surface area contributed by atoms with Crippen LogP contribution in [0.5, 0.6) is 0 Å². The Morgan fingerprint density at radius 2 is 1.91 bits per heavy atom. The molecule has 0 radical (unpaired) electrons. The maximum atomic E-state index is 5.67. The van der Waals surface area contributed by atoms with Gasteiger partial charge >= 0.3 is 0 Å². The van der Waals surface area contributed by atoms with Gasteiger partial charge in [-0.15, -0.1) is 0 Å². The molecule has 0 aromatic rings. The molecule has 64 valence electrons. The SMILES string of the molecule is Br[C@@H]1CCCO[C@@]12CCCO2. The van der Waals surface area contributed by atoms with Crippen molar-refractivity contribution in [1.29, 1.82) is 0 Å². The minimum atomic E-state index is -0.252. The van der Waals surface area contributed by atoms with Crippen LogP contribution in [0.25, 0.3) is 0 Å². The van der Waals surface area contributed by atoms with Gasteiger partial charge in [-0.3, -0.25) is 0 Å². The Morgan fingerprint density at radius 1 is 1.18 bits per heavy atom. The van der Waals surface area contributed by atoms with E-state index in [9.17, 15) is 0 Å². The van der Waals surface area contributed by atoms with Crippen molar-refractivity contribution in [3.63, 3.8) is 0 Å². The highest BCUT2D eigenvalue weighted by molar-refractivity contribution is 9.09. The van der Waals surface area contributed by atoms with Crippen LogP contribution < -0.4 is 0 Å². The number of alkyl halides is 1. The summed E-state index contributed by atoms with van der Waals surface area (Å²) in [7, 11) is 0. The molecule has 0 bridgehead atoms. The molecule has 0 N–H and O–H groups in total. The largest absolute Gasteiger partial charge is 0.349 e. The van der Waals surface area contributed by atoms with Crippen molar-refractivity contribution in [2.45, 2.75) is 36.3 Å². The minimum Gasteiger partial charge on any atom is -0.349 e. The fraction of sp³-hybridized carbons (Fsp3) is 1.00. The molecule has 0 aromatic carbocycles. The lowest BCUT2D eigenvalue weighted by atomic mass is 10.0. The van der Waals surface area contributed by atoms with Crippen molar-refractivity contribution in [2.24, 2.45) is 0 Å². The van der Waals surface area contributed by atoms with Gasteiger partial charge in [0.1, 0.15) is 0 Å². The van der Waals surface area contributed by atoms with Crippen LogP contribution in [0.15, 0.2) is 0 Å². The maximum Gasteiger partial charge on any atom is 0.180 e. The number of ether oxygens (including phenoxy) is 2. The molecule has 1 spiro atoms. The van der Waals surface area contributed by atoms with E-state index >= 15 is 0 Å². The van der Waals surface area contributed by atoms with Crippen molar-refractivity contribution in [3.05, 3.63) is 0 Å². The average Bonchev–Trinajstić information content (AvgIpc) is 2.46. The topological polar surface area (TPSA) is 18.5 Å². The first-order valence-electron chi connectivity index (χ1n) is 4.25. The van der Waals surface area contributed by atoms with Crippen LogP contribution in [0, 0.1) is 0 Å². The molecule has 2 heterocycles. The molecule has 2 saturated heterocycles. The zero-order valence-corrected chi connectivity index (χ0v) is 8.10. The highest BCUT2D eigenvalue weighted by Crippen LogP contribution is 2.39. The Bertz CT molecular complexity index is 143. The van der Waals surface area contributed by atoms with E-state index in [4.69, 9.17) is 9.47 Å². The summed E-state index contributed by atoms with van der Waals surface area (Å²) >= 11 is 3.62. The third-order valence-corrected chi connectivity index (χ3v) is 3.60. The first-order valence-corrected chi connectivity index (χ1v) is 5.17. The summed E-state index contributed by atoms with van der Waals surface area (Å²) in [6.45, 7) is 1.73. The van der Waals surface area contributed by atoms with Crippen LogP contribution in [0.2, 0.25) is 0 Å². The Balaban J connectivity index is 2.07. The zero-order valence-electron chi connectivity index (χ0n) is 6.51. The third kappa shape index (κ3) is 1.34. The van der Waals surface area contributed by atoms with Crippen LogP contribution in [0.4, 0.5) is 0 Å². The van der Waals surface area contributed by atoms with Gasteiger partial charge in [0, 0.05) is 6.42 Å². The number of hydrogen-bond donors (Lipinski definition) is 0. The van der Waals surface area contributed by atoms with Crippen molar-refractivity contribution >= 4 is 15.9 Å². The monoisotopic (exact) mass is 220 g/mol. The van der Waals surface area contributed by atoms with Gasteiger partial charge in [-0.05, 0) is 19.3 Å². The van der Waals surface area contributed by atoms with E-state index in [1.807, 2.05) is 0 Å². The number of rotatable bonds is 0. The Hall–Kier alpha value is 0.400. The minimum absolute atomic E-state index is 0.252. The summed E-state index contributed by atoms with van der Waals surface area (Å²) in [5.41, 5.74) is 0. The van der Waals surface area contributed by atoms with E-state index in [1.165, 1.54) is 6.42 Å². The molecular weight excluding hydrogens is 208 g/mol. The van der Waals surface area contributed by atoms with Gasteiger partial charge in [0.05, 0.1) is 18.0 Å². The van der Waals surface area contributed by atoms with Gasteiger partial charge in [0.2, 0.25) is 0 Å². The van der Waals surface area contributed by atoms with Crippen molar-refractivity contribution in [3.8, 4) is 0 Å². The molecule has 0 saturated carbocycles. The highest BCUT2D eigenvalue weighted by Gasteiger charge is 2.44. The Morgan fingerprint density at radius 3 is 2.45 bits per heavy atom. The highest BCUT2D eigenvalue weighted by atomic mass is 79.9. The predicted molar refractivity (Wildman–Crippen MR) is 45.8 cm³/mol. The lowest BCUT2D eigenvalue weighted by Gasteiger charge is -2.37. The lowest BCUT2D eigenvalue weighted by molar-refractivity contribution is -0.223. The first kappa shape index (κ1) is 8.02. The van der Waals surface area contributed by atoms with Crippen molar-refractivity contribution in [1.82, 2.24) is 0 Å². The molecular formula is C8H13BrO2. The molecule has 0 aromatic heterocycles. The second-order valence-corrected chi connectivity index (χ2v) is 4.33. The summed E-state index contributed by atoms with van der Waals surface area (Å²) in [4.78, 5) is 0.409. The maximum absolute atomic E-state index is 5.67. The first-order chi connectivity index (χ1) is 5.33. The molecule has 3 heteroatoms. The molecule has 0 aliphatic carbocycles. The normalized spacial score (nSPS) is 45.0. The van der Waals surface area contributed by atoms with Gasteiger partial charge in [0.25, 0.3) is 0 Å². The van der Waals surface area contributed by atoms with E-state index < -0.39 is 0 Å². The second-order valence-electron chi connectivity index (χ2n) is 3.22. The summed E-state index contributed by atoms with van der Waals surface area (Å²) in [5.74, 6) is -0.252. The second kappa shape index (κ2) is 3.04. The molecule has 2 rings (SSSR count). The average molecular weight is 221 g/mol. The summed E-state index contributed by atoms with van der Waals surface area (Å²) in [6, 6.07) is 0. The lowest BCUT2D eigenvalue weighted by Crippen LogP contribution is -2.44. The predicted octanol–water partition coefficient (Wildman–Crippen LogP) is 2.07. The van der Waals surface area contributed by atoms with Gasteiger partial charge in [-0.2, -0.15) is 0 Å². The van der Waals surface area contributed by atoms with E-state index in [-0.39, 0.29) is 5.79 Å². The van der Waals surface area contributed by atoms with Gasteiger partial charge in [0.15, 0.2) is 5.79 Å². The molecule has 2 nitrogen and oxygen atoms in total. The third-order valence-electron chi connectivity index (χ3n) is 2.44. The van der Waals surface area contributed by atoms with Crippen molar-refractivity contribution in [2.75, 3.05) is 13.2 Å². The van der Waals surface area contributed by atoms with Crippen LogP contribution >= 0.6 is 15.9 Å². The Labute approximate surface area is 75.4 Å². The molecule has 2 fully saturated rings. The van der Waals surface area contributed by atoms with Crippen LogP contribution in [0.3, 0.4) is 0 Å². The summed E-state index contributed by atoms with van der Waals surface area (Å²) in [6.07, 6.45) is 4.53. The molecule has 11 heavy (non-hydrogen) atoms. The summed E-state index contributed by atoms with van der Waals surface area (Å²) in [5, 5.41) is 0. The van der Waals surface area contributed by atoms with Gasteiger partial charge in [-0.25, -0.2) is 0 Å². The standard InChI is InChI=1S/C8H13BrO2/c9-7-3-1-5-10-8(7)4-2-6-11-8/h7H,1-6H2/t7-,8-/m1/s1. The Kier molecular flexibility index (Phi) is 2.21. The summed E-state index contributed by atoms with van der Waals surface area (Å²) < 4.78 is 11.3.